The van der Waals surface area contributed by atoms with E-state index in [2.05, 4.69) is 10.0 Å². The molecule has 0 saturated carbocycles. The fraction of sp³-hybridized carbons (Fsp3) is 0.500. The Balaban J connectivity index is 2.16. The lowest BCUT2D eigenvalue weighted by molar-refractivity contribution is 0.0788. The minimum absolute atomic E-state index is 0.0870. The maximum Gasteiger partial charge on any atom is 0.256 e. The summed E-state index contributed by atoms with van der Waals surface area (Å²) in [5.74, 6) is -1.20. The Labute approximate surface area is 129 Å². The first-order chi connectivity index (χ1) is 10.5. The molecule has 122 valence electrons. The standard InChI is InChI=1S/C14H20FN3O3S/c1-16-6-7-17-22(20,21)11-4-5-12(13(15)10-11)14(19)18-8-2-3-9-18/h4-5,10,16-17H,2-3,6-9H2,1H3. The summed E-state index contributed by atoms with van der Waals surface area (Å²) in [6, 6.07) is 3.39. The third-order valence-corrected chi connectivity index (χ3v) is 5.00. The molecule has 1 aromatic rings. The Morgan fingerprint density at radius 3 is 2.55 bits per heavy atom. The predicted molar refractivity (Wildman–Crippen MR) is 80.7 cm³/mol. The zero-order valence-electron chi connectivity index (χ0n) is 12.4. The van der Waals surface area contributed by atoms with Crippen LogP contribution in [0.5, 0.6) is 0 Å². The SMILES string of the molecule is CNCCNS(=O)(=O)c1ccc(C(=O)N2CCCC2)c(F)c1. The Morgan fingerprint density at radius 2 is 1.95 bits per heavy atom. The molecular weight excluding hydrogens is 309 g/mol. The second kappa shape index (κ2) is 7.17. The van der Waals surface area contributed by atoms with Crippen LogP contribution < -0.4 is 10.0 Å². The molecular formula is C14H20FN3O3S. The lowest BCUT2D eigenvalue weighted by Gasteiger charge is -2.16. The lowest BCUT2D eigenvalue weighted by Crippen LogP contribution is -2.31. The van der Waals surface area contributed by atoms with Crippen molar-refractivity contribution in [2.45, 2.75) is 17.7 Å². The van der Waals surface area contributed by atoms with E-state index in [1.807, 2.05) is 0 Å². The number of halogens is 1. The second-order valence-corrected chi connectivity index (χ2v) is 6.91. The van der Waals surface area contributed by atoms with Crippen molar-refractivity contribution in [1.82, 2.24) is 14.9 Å². The highest BCUT2D eigenvalue weighted by Gasteiger charge is 2.24. The van der Waals surface area contributed by atoms with Crippen LogP contribution >= 0.6 is 0 Å². The molecule has 1 aromatic carbocycles. The third-order valence-electron chi connectivity index (χ3n) is 3.54. The van der Waals surface area contributed by atoms with Gasteiger partial charge in [0.25, 0.3) is 5.91 Å². The molecule has 0 radical (unpaired) electrons. The summed E-state index contributed by atoms with van der Waals surface area (Å²) in [6.07, 6.45) is 1.82. The van der Waals surface area contributed by atoms with Crippen LogP contribution in [0.15, 0.2) is 23.1 Å². The molecule has 0 aliphatic carbocycles. The Morgan fingerprint density at radius 1 is 1.27 bits per heavy atom. The van der Waals surface area contributed by atoms with E-state index in [4.69, 9.17) is 0 Å². The van der Waals surface area contributed by atoms with Gasteiger partial charge in [-0.15, -0.1) is 0 Å². The number of likely N-dealkylation sites (N-methyl/N-ethyl adjacent to an activating group) is 1. The van der Waals surface area contributed by atoms with Gasteiger partial charge in [-0.25, -0.2) is 17.5 Å². The smallest absolute Gasteiger partial charge is 0.256 e. The molecule has 2 N–H and O–H groups in total. The van der Waals surface area contributed by atoms with Gasteiger partial charge in [0.2, 0.25) is 10.0 Å². The molecule has 0 atom stereocenters. The van der Waals surface area contributed by atoms with Crippen LogP contribution in [0.25, 0.3) is 0 Å². The maximum atomic E-state index is 14.1. The van der Waals surface area contributed by atoms with Crippen molar-refractivity contribution in [3.05, 3.63) is 29.6 Å². The highest BCUT2D eigenvalue weighted by atomic mass is 32.2. The van der Waals surface area contributed by atoms with Crippen LogP contribution in [0.4, 0.5) is 4.39 Å². The summed E-state index contributed by atoms with van der Waals surface area (Å²) < 4.78 is 40.5. The molecule has 1 aliphatic heterocycles. The van der Waals surface area contributed by atoms with Crippen LogP contribution in [0.3, 0.4) is 0 Å². The molecule has 22 heavy (non-hydrogen) atoms. The molecule has 1 amide bonds. The maximum absolute atomic E-state index is 14.1. The summed E-state index contributed by atoms with van der Waals surface area (Å²) in [7, 11) is -2.07. The number of likely N-dealkylation sites (tertiary alicyclic amines) is 1. The van der Waals surface area contributed by atoms with Crippen molar-refractivity contribution < 1.29 is 17.6 Å². The van der Waals surface area contributed by atoms with Gasteiger partial charge >= 0.3 is 0 Å². The number of hydrogen-bond acceptors (Lipinski definition) is 4. The first kappa shape index (κ1) is 16.9. The van der Waals surface area contributed by atoms with Crippen molar-refractivity contribution in [2.75, 3.05) is 33.2 Å². The zero-order chi connectivity index (χ0) is 16.2. The van der Waals surface area contributed by atoms with Gasteiger partial charge in [-0.2, -0.15) is 0 Å². The van der Waals surface area contributed by atoms with Crippen molar-refractivity contribution in [3.63, 3.8) is 0 Å². The van der Waals surface area contributed by atoms with Gasteiger partial charge in [0.05, 0.1) is 10.5 Å². The van der Waals surface area contributed by atoms with Crippen LogP contribution in [0.2, 0.25) is 0 Å². The molecule has 1 fully saturated rings. The summed E-state index contributed by atoms with van der Waals surface area (Å²) in [5.41, 5.74) is -0.0870. The van der Waals surface area contributed by atoms with E-state index >= 15 is 0 Å². The number of sulfonamides is 1. The topological polar surface area (TPSA) is 78.5 Å². The van der Waals surface area contributed by atoms with E-state index in [9.17, 15) is 17.6 Å². The lowest BCUT2D eigenvalue weighted by atomic mass is 10.2. The summed E-state index contributed by atoms with van der Waals surface area (Å²) in [4.78, 5) is 13.6. The summed E-state index contributed by atoms with van der Waals surface area (Å²) in [6.45, 7) is 1.90. The molecule has 6 nitrogen and oxygen atoms in total. The monoisotopic (exact) mass is 329 g/mol. The molecule has 2 rings (SSSR count). The second-order valence-electron chi connectivity index (χ2n) is 5.14. The summed E-state index contributed by atoms with van der Waals surface area (Å²) >= 11 is 0. The molecule has 0 unspecified atom stereocenters. The van der Waals surface area contributed by atoms with Gasteiger partial charge in [0, 0.05) is 26.2 Å². The van der Waals surface area contributed by atoms with Crippen LogP contribution in [0, 0.1) is 5.82 Å². The van der Waals surface area contributed by atoms with Crippen molar-refractivity contribution in [2.24, 2.45) is 0 Å². The van der Waals surface area contributed by atoms with Gasteiger partial charge in [-0.05, 0) is 38.1 Å². The number of nitrogens with zero attached hydrogens (tertiary/aromatic N) is 1. The van der Waals surface area contributed by atoms with Gasteiger partial charge in [-0.3, -0.25) is 4.79 Å². The highest BCUT2D eigenvalue weighted by molar-refractivity contribution is 7.89. The number of hydrogen-bond donors (Lipinski definition) is 2. The fourth-order valence-corrected chi connectivity index (χ4v) is 3.36. The Bertz CT molecular complexity index is 643. The molecule has 0 aromatic heterocycles. The average molecular weight is 329 g/mol. The molecule has 8 heteroatoms. The predicted octanol–water partition coefficient (Wildman–Crippen LogP) is 0.559. The number of benzene rings is 1. The summed E-state index contributed by atoms with van der Waals surface area (Å²) in [5, 5.41) is 2.81. The number of rotatable bonds is 6. The van der Waals surface area contributed by atoms with Crippen LogP contribution in [-0.4, -0.2) is 52.5 Å². The Kier molecular flexibility index (Phi) is 5.49. The van der Waals surface area contributed by atoms with E-state index in [1.165, 1.54) is 12.1 Å². The zero-order valence-corrected chi connectivity index (χ0v) is 13.2. The minimum Gasteiger partial charge on any atom is -0.339 e. The molecule has 0 bridgehead atoms. The van der Waals surface area contributed by atoms with Crippen molar-refractivity contribution >= 4 is 15.9 Å². The first-order valence-electron chi connectivity index (χ1n) is 7.19. The molecule has 0 spiro atoms. The highest BCUT2D eigenvalue weighted by Crippen LogP contribution is 2.18. The van der Waals surface area contributed by atoms with Gasteiger partial charge < -0.3 is 10.2 Å². The van der Waals surface area contributed by atoms with Crippen molar-refractivity contribution in [3.8, 4) is 0 Å². The average Bonchev–Trinajstić information content (AvgIpc) is 3.01. The fourth-order valence-electron chi connectivity index (χ4n) is 2.32. The largest absolute Gasteiger partial charge is 0.339 e. The third kappa shape index (κ3) is 3.82. The Hall–Kier alpha value is -1.51. The minimum atomic E-state index is -3.77. The number of nitrogens with one attached hydrogen (secondary N) is 2. The number of carbonyl (C=O) groups is 1. The number of carbonyl (C=O) groups excluding carboxylic acids is 1. The van der Waals surface area contributed by atoms with E-state index in [0.717, 1.165) is 18.9 Å². The van der Waals surface area contributed by atoms with Gasteiger partial charge in [0.15, 0.2) is 0 Å². The van der Waals surface area contributed by atoms with Gasteiger partial charge in [0.1, 0.15) is 5.82 Å². The van der Waals surface area contributed by atoms with Gasteiger partial charge in [-0.1, -0.05) is 0 Å². The molecule has 1 heterocycles. The van der Waals surface area contributed by atoms with E-state index in [1.54, 1.807) is 11.9 Å². The van der Waals surface area contributed by atoms with E-state index < -0.39 is 15.8 Å². The quantitative estimate of drug-likeness (QED) is 0.748. The van der Waals surface area contributed by atoms with Crippen LogP contribution in [0.1, 0.15) is 23.2 Å². The molecule has 1 aliphatic rings. The van der Waals surface area contributed by atoms with E-state index in [-0.39, 0.29) is 22.9 Å². The number of amides is 1. The van der Waals surface area contributed by atoms with E-state index in [0.29, 0.717) is 19.6 Å². The first-order valence-corrected chi connectivity index (χ1v) is 8.67. The normalized spacial score (nSPS) is 15.3. The van der Waals surface area contributed by atoms with Crippen LogP contribution in [-0.2, 0) is 10.0 Å². The van der Waals surface area contributed by atoms with Crippen molar-refractivity contribution in [1.29, 1.82) is 0 Å². The molecule has 1 saturated heterocycles.